The molecule has 0 spiro atoms. The van der Waals surface area contributed by atoms with E-state index in [4.69, 9.17) is 4.74 Å². The zero-order valence-electron chi connectivity index (χ0n) is 12.4. The number of nitrogens with one attached hydrogen (secondary N) is 2. The molecule has 120 valence electrons. The van der Waals surface area contributed by atoms with Gasteiger partial charge in [0.15, 0.2) is 5.16 Å². The number of hydrogen-bond acceptors (Lipinski definition) is 6. The van der Waals surface area contributed by atoms with E-state index in [1.807, 2.05) is 0 Å². The summed E-state index contributed by atoms with van der Waals surface area (Å²) in [6.07, 6.45) is 1.38. The van der Waals surface area contributed by atoms with Crippen molar-refractivity contribution in [1.82, 2.24) is 9.97 Å². The summed E-state index contributed by atoms with van der Waals surface area (Å²) >= 11 is 1.11. The molecule has 0 radical (unpaired) electrons. The summed E-state index contributed by atoms with van der Waals surface area (Å²) in [5.41, 5.74) is 0.590. The number of carbonyl (C=O) groups is 2. The molecule has 7 nitrogen and oxygen atoms in total. The van der Waals surface area contributed by atoms with Gasteiger partial charge in [0.2, 0.25) is 5.91 Å². The van der Waals surface area contributed by atoms with E-state index in [2.05, 4.69) is 15.3 Å². The molecule has 23 heavy (non-hydrogen) atoms. The van der Waals surface area contributed by atoms with E-state index in [1.165, 1.54) is 12.3 Å². The first-order valence-corrected chi connectivity index (χ1v) is 7.82. The molecule has 0 saturated carbocycles. The van der Waals surface area contributed by atoms with Gasteiger partial charge >= 0.3 is 5.97 Å². The number of rotatable bonds is 6. The third-order valence-corrected chi connectivity index (χ3v) is 3.53. The maximum Gasteiger partial charge on any atom is 0.338 e. The van der Waals surface area contributed by atoms with Crippen LogP contribution in [0.1, 0.15) is 17.3 Å². The lowest BCUT2D eigenvalue weighted by Gasteiger charge is -2.07. The van der Waals surface area contributed by atoms with Crippen molar-refractivity contribution in [2.75, 3.05) is 17.7 Å². The van der Waals surface area contributed by atoms with Crippen molar-refractivity contribution in [2.45, 2.75) is 12.1 Å². The average molecular weight is 333 g/mol. The second kappa shape index (κ2) is 8.14. The first-order valence-electron chi connectivity index (χ1n) is 6.83. The van der Waals surface area contributed by atoms with Crippen molar-refractivity contribution in [1.29, 1.82) is 0 Å². The van der Waals surface area contributed by atoms with Crippen LogP contribution in [0.2, 0.25) is 0 Å². The number of ether oxygens (including phenoxy) is 1. The van der Waals surface area contributed by atoms with Gasteiger partial charge < -0.3 is 15.0 Å². The number of aromatic nitrogens is 2. The first-order chi connectivity index (χ1) is 11.1. The number of hydrogen-bond donors (Lipinski definition) is 2. The number of carbonyl (C=O) groups excluding carboxylic acids is 2. The number of esters is 1. The van der Waals surface area contributed by atoms with E-state index in [1.54, 1.807) is 31.2 Å². The van der Waals surface area contributed by atoms with Crippen LogP contribution >= 0.6 is 11.8 Å². The van der Waals surface area contributed by atoms with Crippen LogP contribution in [0.4, 0.5) is 5.69 Å². The number of amides is 1. The van der Waals surface area contributed by atoms with Gasteiger partial charge in [-0.3, -0.25) is 9.59 Å². The zero-order valence-corrected chi connectivity index (χ0v) is 13.2. The topological polar surface area (TPSA) is 101 Å². The van der Waals surface area contributed by atoms with Crippen molar-refractivity contribution < 1.29 is 14.3 Å². The van der Waals surface area contributed by atoms with Crippen LogP contribution < -0.4 is 10.9 Å². The smallest absolute Gasteiger partial charge is 0.338 e. The number of nitrogens with zero attached hydrogens (tertiary/aromatic N) is 1. The van der Waals surface area contributed by atoms with Crippen molar-refractivity contribution in [2.24, 2.45) is 0 Å². The monoisotopic (exact) mass is 333 g/mol. The third kappa shape index (κ3) is 5.26. The predicted octanol–water partition coefficient (Wildman–Crippen LogP) is 1.68. The fourth-order valence-corrected chi connectivity index (χ4v) is 2.34. The Morgan fingerprint density at radius 1 is 1.35 bits per heavy atom. The lowest BCUT2D eigenvalue weighted by molar-refractivity contribution is -0.113. The molecule has 1 aromatic heterocycles. The zero-order chi connectivity index (χ0) is 16.7. The molecule has 0 unspecified atom stereocenters. The SMILES string of the molecule is CCOC(=O)c1cccc(NC(=O)CSc2nccc(=O)[nH]2)c1. The van der Waals surface area contributed by atoms with Gasteiger partial charge in [0.25, 0.3) is 5.56 Å². The van der Waals surface area contributed by atoms with Crippen LogP contribution in [-0.2, 0) is 9.53 Å². The van der Waals surface area contributed by atoms with Crippen LogP contribution in [0.5, 0.6) is 0 Å². The second-order valence-corrected chi connectivity index (χ2v) is 5.34. The van der Waals surface area contributed by atoms with Gasteiger partial charge in [-0.05, 0) is 25.1 Å². The molecule has 1 heterocycles. The third-order valence-electron chi connectivity index (χ3n) is 2.65. The largest absolute Gasteiger partial charge is 0.462 e. The van der Waals surface area contributed by atoms with E-state index >= 15 is 0 Å². The number of aromatic amines is 1. The number of benzene rings is 1. The summed E-state index contributed by atoms with van der Waals surface area (Å²) < 4.78 is 4.91. The molecular formula is C15H15N3O4S. The predicted molar refractivity (Wildman–Crippen MR) is 86.6 cm³/mol. The van der Waals surface area contributed by atoms with Gasteiger partial charge in [0, 0.05) is 18.0 Å². The van der Waals surface area contributed by atoms with E-state index in [0.717, 1.165) is 11.8 Å². The Kier molecular flexibility index (Phi) is 5.93. The standard InChI is InChI=1S/C15H15N3O4S/c1-2-22-14(21)10-4-3-5-11(8-10)17-13(20)9-23-15-16-7-6-12(19)18-15/h3-8H,2,9H2,1H3,(H,17,20)(H,16,18,19). The van der Waals surface area contributed by atoms with E-state index in [9.17, 15) is 14.4 Å². The molecule has 1 amide bonds. The van der Waals surface area contributed by atoms with Gasteiger partial charge in [-0.2, -0.15) is 0 Å². The lowest BCUT2D eigenvalue weighted by atomic mass is 10.2. The number of thioether (sulfide) groups is 1. The number of anilines is 1. The quantitative estimate of drug-likeness (QED) is 0.474. The highest BCUT2D eigenvalue weighted by atomic mass is 32.2. The second-order valence-electron chi connectivity index (χ2n) is 4.38. The minimum absolute atomic E-state index is 0.0799. The van der Waals surface area contributed by atoms with Crippen molar-refractivity contribution in [3.63, 3.8) is 0 Å². The Hall–Kier alpha value is -2.61. The minimum Gasteiger partial charge on any atom is -0.462 e. The van der Waals surface area contributed by atoms with Crippen LogP contribution in [0.15, 0.2) is 46.5 Å². The van der Waals surface area contributed by atoms with E-state index < -0.39 is 5.97 Å². The van der Waals surface area contributed by atoms with Crippen LogP contribution in [0, 0.1) is 0 Å². The average Bonchev–Trinajstić information content (AvgIpc) is 2.53. The van der Waals surface area contributed by atoms with Crippen molar-refractivity contribution in [3.8, 4) is 0 Å². The highest BCUT2D eigenvalue weighted by Gasteiger charge is 2.09. The first kappa shape index (κ1) is 16.8. The molecule has 0 aliphatic rings. The fourth-order valence-electron chi connectivity index (χ4n) is 1.69. The van der Waals surface area contributed by atoms with Crippen LogP contribution in [0.25, 0.3) is 0 Å². The molecular weight excluding hydrogens is 318 g/mol. The Morgan fingerprint density at radius 2 is 2.17 bits per heavy atom. The summed E-state index contributed by atoms with van der Waals surface area (Å²) in [5.74, 6) is -0.636. The molecule has 2 aromatic rings. The Bertz CT molecular complexity index is 760. The Balaban J connectivity index is 1.93. The summed E-state index contributed by atoms with van der Waals surface area (Å²) in [6.45, 7) is 2.01. The Morgan fingerprint density at radius 3 is 2.91 bits per heavy atom. The summed E-state index contributed by atoms with van der Waals surface area (Å²) in [7, 11) is 0. The van der Waals surface area contributed by atoms with Crippen LogP contribution in [0.3, 0.4) is 0 Å². The minimum atomic E-state index is -0.441. The normalized spacial score (nSPS) is 10.1. The van der Waals surface area contributed by atoms with Gasteiger partial charge in [-0.15, -0.1) is 0 Å². The van der Waals surface area contributed by atoms with Crippen molar-refractivity contribution >= 4 is 29.3 Å². The Labute approximate surface area is 136 Å². The van der Waals surface area contributed by atoms with E-state index in [-0.39, 0.29) is 23.8 Å². The molecule has 1 aromatic carbocycles. The van der Waals surface area contributed by atoms with Crippen LogP contribution in [-0.4, -0.2) is 34.2 Å². The highest BCUT2D eigenvalue weighted by Crippen LogP contribution is 2.14. The summed E-state index contributed by atoms with van der Waals surface area (Å²) in [6, 6.07) is 7.79. The molecule has 2 N–H and O–H groups in total. The molecule has 2 rings (SSSR count). The van der Waals surface area contributed by atoms with Gasteiger partial charge in [0.05, 0.1) is 17.9 Å². The maximum absolute atomic E-state index is 11.9. The number of H-pyrrole nitrogens is 1. The fraction of sp³-hybridized carbons (Fsp3) is 0.200. The highest BCUT2D eigenvalue weighted by molar-refractivity contribution is 7.99. The molecule has 0 bridgehead atoms. The molecule has 0 aliphatic carbocycles. The molecule has 0 fully saturated rings. The summed E-state index contributed by atoms with van der Waals surface area (Å²) in [5, 5.41) is 3.05. The molecule has 0 aliphatic heterocycles. The molecule has 8 heteroatoms. The van der Waals surface area contributed by atoms with Gasteiger partial charge in [0.1, 0.15) is 0 Å². The summed E-state index contributed by atoms with van der Waals surface area (Å²) in [4.78, 5) is 41.1. The maximum atomic E-state index is 11.9. The molecule has 0 saturated heterocycles. The van der Waals surface area contributed by atoms with Gasteiger partial charge in [-0.1, -0.05) is 17.8 Å². The van der Waals surface area contributed by atoms with E-state index in [0.29, 0.717) is 16.4 Å². The lowest BCUT2D eigenvalue weighted by Crippen LogP contribution is -2.15. The van der Waals surface area contributed by atoms with Crippen molar-refractivity contribution in [3.05, 3.63) is 52.4 Å². The van der Waals surface area contributed by atoms with Gasteiger partial charge in [-0.25, -0.2) is 9.78 Å². The molecule has 0 atom stereocenters.